The summed E-state index contributed by atoms with van der Waals surface area (Å²) in [5.74, 6) is -0.0171. The van der Waals surface area contributed by atoms with Crippen LogP contribution in [0.3, 0.4) is 0 Å². The largest absolute Gasteiger partial charge is 0.369 e. The topological polar surface area (TPSA) is 36.0 Å². The molecule has 24 heavy (non-hydrogen) atoms. The molecule has 0 bridgehead atoms. The molecular formula is C18H24FN3O2. The van der Waals surface area contributed by atoms with Gasteiger partial charge in [0.1, 0.15) is 11.9 Å². The van der Waals surface area contributed by atoms with Crippen molar-refractivity contribution in [1.82, 2.24) is 9.80 Å². The van der Waals surface area contributed by atoms with E-state index in [0.717, 1.165) is 64.4 Å². The summed E-state index contributed by atoms with van der Waals surface area (Å²) in [6, 6.07) is 7.20. The van der Waals surface area contributed by atoms with Crippen LogP contribution in [0.4, 0.5) is 10.1 Å². The van der Waals surface area contributed by atoms with Crippen molar-refractivity contribution in [3.05, 3.63) is 30.1 Å². The predicted molar refractivity (Wildman–Crippen MR) is 89.5 cm³/mol. The van der Waals surface area contributed by atoms with Crippen molar-refractivity contribution in [3.63, 3.8) is 0 Å². The lowest BCUT2D eigenvalue weighted by Gasteiger charge is -2.48. The molecule has 0 N–H and O–H groups in total. The molecule has 1 aromatic rings. The molecule has 4 rings (SSSR count). The molecule has 3 aliphatic heterocycles. The lowest BCUT2D eigenvalue weighted by atomic mass is 10.0. The van der Waals surface area contributed by atoms with Gasteiger partial charge in [-0.15, -0.1) is 0 Å². The molecule has 1 amide bonds. The Kier molecular flexibility index (Phi) is 4.41. The second kappa shape index (κ2) is 6.69. The number of benzene rings is 1. The van der Waals surface area contributed by atoms with Crippen LogP contribution in [0.5, 0.6) is 0 Å². The van der Waals surface area contributed by atoms with Gasteiger partial charge in [-0.25, -0.2) is 4.39 Å². The summed E-state index contributed by atoms with van der Waals surface area (Å²) in [5.41, 5.74) is 1.08. The molecule has 0 aliphatic carbocycles. The number of nitrogens with zero attached hydrogens (tertiary/aromatic N) is 3. The lowest BCUT2D eigenvalue weighted by molar-refractivity contribution is -0.148. The van der Waals surface area contributed by atoms with Crippen LogP contribution in [0.25, 0.3) is 0 Å². The Morgan fingerprint density at radius 2 is 1.79 bits per heavy atom. The van der Waals surface area contributed by atoms with E-state index in [4.69, 9.17) is 4.74 Å². The van der Waals surface area contributed by atoms with E-state index < -0.39 is 0 Å². The van der Waals surface area contributed by atoms with Crippen LogP contribution in [0, 0.1) is 5.82 Å². The minimum absolute atomic E-state index is 0.175. The molecule has 0 radical (unpaired) electrons. The van der Waals surface area contributed by atoms with E-state index in [1.54, 1.807) is 0 Å². The number of carbonyl (C=O) groups excluding carboxylic acids is 1. The Labute approximate surface area is 142 Å². The monoisotopic (exact) mass is 333 g/mol. The fraction of sp³-hybridized carbons (Fsp3) is 0.611. The van der Waals surface area contributed by atoms with E-state index in [-0.39, 0.29) is 17.8 Å². The summed E-state index contributed by atoms with van der Waals surface area (Å²) >= 11 is 0. The molecule has 1 atom stereocenters. The zero-order chi connectivity index (χ0) is 16.5. The maximum absolute atomic E-state index is 13.0. The van der Waals surface area contributed by atoms with Crippen LogP contribution in [0.1, 0.15) is 12.8 Å². The standard InChI is InChI=1S/C18H24FN3O2/c19-14-3-5-15(6-4-14)20-7-9-21(10-8-20)16-12-22(13-16)18(23)17-2-1-11-24-17/h3-6,16-17H,1-2,7-13H2. The van der Waals surface area contributed by atoms with Gasteiger partial charge in [0, 0.05) is 57.6 Å². The van der Waals surface area contributed by atoms with Crippen molar-refractivity contribution in [1.29, 1.82) is 0 Å². The van der Waals surface area contributed by atoms with E-state index in [2.05, 4.69) is 9.80 Å². The molecule has 130 valence electrons. The summed E-state index contributed by atoms with van der Waals surface area (Å²) in [6.45, 7) is 6.25. The molecule has 0 aromatic heterocycles. The number of piperazine rings is 1. The summed E-state index contributed by atoms with van der Waals surface area (Å²) in [5, 5.41) is 0. The minimum atomic E-state index is -0.193. The van der Waals surface area contributed by atoms with Crippen LogP contribution in [-0.4, -0.2) is 73.7 Å². The molecule has 3 saturated heterocycles. The van der Waals surface area contributed by atoms with Gasteiger partial charge in [0.05, 0.1) is 0 Å². The summed E-state index contributed by atoms with van der Waals surface area (Å²) in [6.07, 6.45) is 1.68. The smallest absolute Gasteiger partial charge is 0.251 e. The van der Waals surface area contributed by atoms with Gasteiger partial charge in [-0.2, -0.15) is 0 Å². The first-order valence-electron chi connectivity index (χ1n) is 8.86. The second-order valence-corrected chi connectivity index (χ2v) is 6.90. The van der Waals surface area contributed by atoms with Crippen molar-refractivity contribution >= 4 is 11.6 Å². The number of anilines is 1. The molecule has 3 heterocycles. The fourth-order valence-corrected chi connectivity index (χ4v) is 3.84. The zero-order valence-electron chi connectivity index (χ0n) is 13.9. The third kappa shape index (κ3) is 3.13. The first kappa shape index (κ1) is 15.8. The van der Waals surface area contributed by atoms with Gasteiger partial charge in [0.15, 0.2) is 0 Å². The average molecular weight is 333 g/mol. The number of hydrogen-bond acceptors (Lipinski definition) is 4. The third-order valence-corrected chi connectivity index (χ3v) is 5.40. The van der Waals surface area contributed by atoms with Crippen molar-refractivity contribution < 1.29 is 13.9 Å². The minimum Gasteiger partial charge on any atom is -0.369 e. The fourth-order valence-electron chi connectivity index (χ4n) is 3.84. The molecule has 0 saturated carbocycles. The van der Waals surface area contributed by atoms with Gasteiger partial charge < -0.3 is 14.5 Å². The first-order valence-corrected chi connectivity index (χ1v) is 8.86. The Balaban J connectivity index is 1.24. The highest BCUT2D eigenvalue weighted by atomic mass is 19.1. The maximum Gasteiger partial charge on any atom is 0.251 e. The molecule has 1 aromatic carbocycles. The van der Waals surface area contributed by atoms with Gasteiger partial charge in [0.2, 0.25) is 0 Å². The Hall–Kier alpha value is -1.66. The highest BCUT2D eigenvalue weighted by Gasteiger charge is 2.39. The van der Waals surface area contributed by atoms with E-state index in [0.29, 0.717) is 6.04 Å². The van der Waals surface area contributed by atoms with Gasteiger partial charge in [-0.05, 0) is 37.1 Å². The average Bonchev–Trinajstić information content (AvgIpc) is 3.09. The van der Waals surface area contributed by atoms with Crippen molar-refractivity contribution in [3.8, 4) is 0 Å². The number of hydrogen-bond donors (Lipinski definition) is 0. The number of rotatable bonds is 3. The van der Waals surface area contributed by atoms with Gasteiger partial charge >= 0.3 is 0 Å². The molecule has 3 fully saturated rings. The van der Waals surface area contributed by atoms with Crippen LogP contribution in [-0.2, 0) is 9.53 Å². The number of ether oxygens (including phenoxy) is 1. The molecule has 6 heteroatoms. The van der Waals surface area contributed by atoms with Crippen LogP contribution in [0.2, 0.25) is 0 Å². The SMILES string of the molecule is O=C(C1CCCO1)N1CC(N2CCN(c3ccc(F)cc3)CC2)C1. The van der Waals surface area contributed by atoms with Crippen LogP contribution >= 0.6 is 0 Å². The van der Waals surface area contributed by atoms with Gasteiger partial charge in [0.25, 0.3) is 5.91 Å². The Morgan fingerprint density at radius 3 is 2.42 bits per heavy atom. The molecular weight excluding hydrogens is 309 g/mol. The Bertz CT molecular complexity index is 574. The molecule has 0 spiro atoms. The highest BCUT2D eigenvalue weighted by Crippen LogP contribution is 2.23. The number of likely N-dealkylation sites (tertiary alicyclic amines) is 1. The van der Waals surface area contributed by atoms with Gasteiger partial charge in [-0.1, -0.05) is 0 Å². The van der Waals surface area contributed by atoms with Crippen LogP contribution in [0.15, 0.2) is 24.3 Å². The molecule has 1 unspecified atom stereocenters. The predicted octanol–water partition coefficient (Wildman–Crippen LogP) is 1.34. The van der Waals surface area contributed by atoms with E-state index in [1.165, 1.54) is 12.1 Å². The van der Waals surface area contributed by atoms with Crippen molar-refractivity contribution in [2.24, 2.45) is 0 Å². The first-order chi connectivity index (χ1) is 11.7. The highest BCUT2D eigenvalue weighted by molar-refractivity contribution is 5.82. The lowest BCUT2D eigenvalue weighted by Crippen LogP contribution is -2.65. The maximum atomic E-state index is 13.0. The zero-order valence-corrected chi connectivity index (χ0v) is 13.9. The molecule has 3 aliphatic rings. The second-order valence-electron chi connectivity index (χ2n) is 6.90. The number of carbonyl (C=O) groups is 1. The Morgan fingerprint density at radius 1 is 1.08 bits per heavy atom. The van der Waals surface area contributed by atoms with Crippen molar-refractivity contribution in [2.45, 2.75) is 25.0 Å². The summed E-state index contributed by atoms with van der Waals surface area (Å²) in [7, 11) is 0. The summed E-state index contributed by atoms with van der Waals surface area (Å²) < 4.78 is 18.5. The van der Waals surface area contributed by atoms with Gasteiger partial charge in [-0.3, -0.25) is 9.69 Å². The molecule has 5 nitrogen and oxygen atoms in total. The quantitative estimate of drug-likeness (QED) is 0.836. The number of halogens is 1. The van der Waals surface area contributed by atoms with Crippen molar-refractivity contribution in [2.75, 3.05) is 50.8 Å². The third-order valence-electron chi connectivity index (χ3n) is 5.40. The van der Waals surface area contributed by atoms with E-state index >= 15 is 0 Å². The van der Waals surface area contributed by atoms with Crippen LogP contribution < -0.4 is 4.90 Å². The normalized spacial score (nSPS) is 25.8. The number of amides is 1. The van der Waals surface area contributed by atoms with E-state index in [1.807, 2.05) is 17.0 Å². The summed E-state index contributed by atoms with van der Waals surface area (Å²) in [4.78, 5) is 19.0. The van der Waals surface area contributed by atoms with E-state index in [9.17, 15) is 9.18 Å².